The number of nitrogens with two attached hydrogens (primary N) is 1. The molecule has 0 spiro atoms. The van der Waals surface area contributed by atoms with E-state index in [-0.39, 0.29) is 11.7 Å². The number of carbonyl (C=O) groups excluding carboxylic acids is 1. The maximum absolute atomic E-state index is 11.4. The summed E-state index contributed by atoms with van der Waals surface area (Å²) in [6.07, 6.45) is 6.17. The quantitative estimate of drug-likeness (QED) is 0.599. The standard InChI is InChI=1S/C9H13NO2/c1-2-3-8(10)9(11)7-4-5-12-6-7/h1,7-8H,3-6,10H2. The number of ketones is 1. The van der Waals surface area contributed by atoms with Crippen LogP contribution >= 0.6 is 0 Å². The molecule has 2 N–H and O–H groups in total. The summed E-state index contributed by atoms with van der Waals surface area (Å²) >= 11 is 0. The molecule has 1 aliphatic rings. The maximum atomic E-state index is 11.4. The molecule has 0 saturated carbocycles. The van der Waals surface area contributed by atoms with Gasteiger partial charge >= 0.3 is 0 Å². The zero-order valence-electron chi connectivity index (χ0n) is 6.95. The van der Waals surface area contributed by atoms with E-state index in [1.807, 2.05) is 0 Å². The first-order valence-corrected chi connectivity index (χ1v) is 4.06. The number of terminal acetylenes is 1. The molecule has 2 atom stereocenters. The van der Waals surface area contributed by atoms with E-state index in [4.69, 9.17) is 16.9 Å². The van der Waals surface area contributed by atoms with Crippen LogP contribution in [-0.4, -0.2) is 25.0 Å². The lowest BCUT2D eigenvalue weighted by molar-refractivity contribution is -0.124. The summed E-state index contributed by atoms with van der Waals surface area (Å²) in [6.45, 7) is 1.18. The molecule has 1 aliphatic heterocycles. The van der Waals surface area contributed by atoms with Crippen molar-refractivity contribution in [1.29, 1.82) is 0 Å². The SMILES string of the molecule is C#CCC(N)C(=O)C1CCOC1. The van der Waals surface area contributed by atoms with Gasteiger partial charge in [0.15, 0.2) is 5.78 Å². The summed E-state index contributed by atoms with van der Waals surface area (Å²) in [6, 6.07) is -0.498. The topological polar surface area (TPSA) is 52.3 Å². The van der Waals surface area contributed by atoms with E-state index in [0.717, 1.165) is 6.42 Å². The Kier molecular flexibility index (Phi) is 3.27. The molecule has 66 valence electrons. The second-order valence-electron chi connectivity index (χ2n) is 2.98. The van der Waals surface area contributed by atoms with E-state index in [9.17, 15) is 4.79 Å². The van der Waals surface area contributed by atoms with Gasteiger partial charge in [0, 0.05) is 18.9 Å². The summed E-state index contributed by atoms with van der Waals surface area (Å²) in [5.74, 6) is 2.41. The first-order valence-electron chi connectivity index (χ1n) is 4.06. The van der Waals surface area contributed by atoms with Gasteiger partial charge in [-0.2, -0.15) is 0 Å². The number of hydrogen-bond acceptors (Lipinski definition) is 3. The van der Waals surface area contributed by atoms with E-state index in [0.29, 0.717) is 19.6 Å². The monoisotopic (exact) mass is 167 g/mol. The van der Waals surface area contributed by atoms with Crippen molar-refractivity contribution in [2.75, 3.05) is 13.2 Å². The Bertz CT molecular complexity index is 201. The second kappa shape index (κ2) is 4.24. The van der Waals surface area contributed by atoms with E-state index < -0.39 is 6.04 Å². The third kappa shape index (κ3) is 2.07. The molecule has 12 heavy (non-hydrogen) atoms. The van der Waals surface area contributed by atoms with Crippen molar-refractivity contribution < 1.29 is 9.53 Å². The van der Waals surface area contributed by atoms with E-state index in [1.165, 1.54) is 0 Å². The summed E-state index contributed by atoms with van der Waals surface area (Å²) in [5.41, 5.74) is 5.56. The average molecular weight is 167 g/mol. The maximum Gasteiger partial charge on any atom is 0.155 e. The molecule has 1 saturated heterocycles. The Morgan fingerprint density at radius 3 is 3.08 bits per heavy atom. The van der Waals surface area contributed by atoms with Crippen molar-refractivity contribution in [2.24, 2.45) is 11.7 Å². The van der Waals surface area contributed by atoms with Crippen LogP contribution in [0.5, 0.6) is 0 Å². The minimum absolute atomic E-state index is 0.0200. The smallest absolute Gasteiger partial charge is 0.155 e. The minimum Gasteiger partial charge on any atom is -0.381 e. The average Bonchev–Trinajstić information content (AvgIpc) is 2.55. The lowest BCUT2D eigenvalue weighted by Gasteiger charge is -2.10. The Balaban J connectivity index is 2.41. The molecular formula is C9H13NO2. The predicted molar refractivity (Wildman–Crippen MR) is 45.4 cm³/mol. The fraction of sp³-hybridized carbons (Fsp3) is 0.667. The van der Waals surface area contributed by atoms with Crippen molar-refractivity contribution in [3.8, 4) is 12.3 Å². The molecule has 3 nitrogen and oxygen atoms in total. The molecule has 0 bridgehead atoms. The van der Waals surface area contributed by atoms with Crippen molar-refractivity contribution in [1.82, 2.24) is 0 Å². The van der Waals surface area contributed by atoms with Gasteiger partial charge in [-0.3, -0.25) is 4.79 Å². The zero-order chi connectivity index (χ0) is 8.97. The van der Waals surface area contributed by atoms with E-state index >= 15 is 0 Å². The van der Waals surface area contributed by atoms with Crippen LogP contribution in [0.15, 0.2) is 0 Å². The van der Waals surface area contributed by atoms with Crippen LogP contribution in [0.2, 0.25) is 0 Å². The Hall–Kier alpha value is -0.850. The second-order valence-corrected chi connectivity index (χ2v) is 2.98. The summed E-state index contributed by atoms with van der Waals surface area (Å²) < 4.78 is 5.08. The molecule has 3 heteroatoms. The van der Waals surface area contributed by atoms with Crippen LogP contribution in [-0.2, 0) is 9.53 Å². The molecule has 0 aromatic heterocycles. The third-order valence-corrected chi connectivity index (χ3v) is 2.04. The molecule has 1 rings (SSSR count). The number of rotatable bonds is 3. The van der Waals surface area contributed by atoms with Gasteiger partial charge in [-0.05, 0) is 6.42 Å². The van der Waals surface area contributed by atoms with Gasteiger partial charge < -0.3 is 10.5 Å². The molecule has 0 aromatic rings. The van der Waals surface area contributed by atoms with Gasteiger partial charge in [0.1, 0.15) is 0 Å². The lowest BCUT2D eigenvalue weighted by atomic mass is 9.96. The van der Waals surface area contributed by atoms with Crippen molar-refractivity contribution in [3.63, 3.8) is 0 Å². The summed E-state index contributed by atoms with van der Waals surface area (Å²) in [7, 11) is 0. The third-order valence-electron chi connectivity index (χ3n) is 2.04. The number of carbonyl (C=O) groups is 1. The fourth-order valence-corrected chi connectivity index (χ4v) is 1.29. The van der Waals surface area contributed by atoms with Gasteiger partial charge in [-0.25, -0.2) is 0 Å². The van der Waals surface area contributed by atoms with Gasteiger partial charge in [-0.1, -0.05) is 0 Å². The van der Waals surface area contributed by atoms with Crippen LogP contribution < -0.4 is 5.73 Å². The highest BCUT2D eigenvalue weighted by Crippen LogP contribution is 2.15. The van der Waals surface area contributed by atoms with Crippen LogP contribution in [0.25, 0.3) is 0 Å². The Labute approximate surface area is 72.3 Å². The largest absolute Gasteiger partial charge is 0.381 e. The molecular weight excluding hydrogens is 154 g/mol. The summed E-state index contributed by atoms with van der Waals surface area (Å²) in [5, 5.41) is 0. The van der Waals surface area contributed by atoms with E-state index in [1.54, 1.807) is 0 Å². The Morgan fingerprint density at radius 2 is 2.58 bits per heavy atom. The first kappa shape index (κ1) is 9.24. The van der Waals surface area contributed by atoms with Crippen LogP contribution in [0, 0.1) is 18.3 Å². The molecule has 0 aliphatic carbocycles. The molecule has 1 heterocycles. The molecule has 1 fully saturated rings. The van der Waals surface area contributed by atoms with Crippen molar-refractivity contribution >= 4 is 5.78 Å². The van der Waals surface area contributed by atoms with Gasteiger partial charge in [0.05, 0.1) is 12.6 Å². The minimum atomic E-state index is -0.498. The number of hydrogen-bond donors (Lipinski definition) is 1. The van der Waals surface area contributed by atoms with E-state index in [2.05, 4.69) is 5.92 Å². The lowest BCUT2D eigenvalue weighted by Crippen LogP contribution is -2.35. The van der Waals surface area contributed by atoms with Crippen LogP contribution in [0.1, 0.15) is 12.8 Å². The van der Waals surface area contributed by atoms with Crippen molar-refractivity contribution in [2.45, 2.75) is 18.9 Å². The fourth-order valence-electron chi connectivity index (χ4n) is 1.29. The highest BCUT2D eigenvalue weighted by molar-refractivity contribution is 5.86. The number of Topliss-reactive ketones (excluding diaryl/α,β-unsaturated/α-hetero) is 1. The molecule has 0 aromatic carbocycles. The number of ether oxygens (including phenoxy) is 1. The highest BCUT2D eigenvalue weighted by atomic mass is 16.5. The highest BCUT2D eigenvalue weighted by Gasteiger charge is 2.27. The Morgan fingerprint density at radius 1 is 1.83 bits per heavy atom. The van der Waals surface area contributed by atoms with Crippen LogP contribution in [0.4, 0.5) is 0 Å². The summed E-state index contributed by atoms with van der Waals surface area (Å²) in [4.78, 5) is 11.4. The zero-order valence-corrected chi connectivity index (χ0v) is 6.95. The molecule has 2 unspecified atom stereocenters. The normalized spacial score (nSPS) is 24.8. The van der Waals surface area contributed by atoms with Gasteiger partial charge in [0.2, 0.25) is 0 Å². The van der Waals surface area contributed by atoms with Crippen LogP contribution in [0.3, 0.4) is 0 Å². The van der Waals surface area contributed by atoms with Gasteiger partial charge in [0.25, 0.3) is 0 Å². The van der Waals surface area contributed by atoms with Crippen molar-refractivity contribution in [3.05, 3.63) is 0 Å². The van der Waals surface area contributed by atoms with Gasteiger partial charge in [-0.15, -0.1) is 12.3 Å². The molecule has 0 radical (unpaired) electrons. The predicted octanol–water partition coefficient (Wildman–Crippen LogP) is -0.0574. The first-order chi connectivity index (χ1) is 5.75. The molecule has 0 amide bonds.